The first-order valence-electron chi connectivity index (χ1n) is 4.63. The van der Waals surface area contributed by atoms with Gasteiger partial charge in [0.2, 0.25) is 5.88 Å². The number of aromatic nitrogens is 1. The van der Waals surface area contributed by atoms with Crippen LogP contribution in [0.5, 0.6) is 5.88 Å². The monoisotopic (exact) mass is 197 g/mol. The van der Waals surface area contributed by atoms with E-state index in [0.29, 0.717) is 18.1 Å². The molecule has 2 saturated heterocycles. The maximum absolute atomic E-state index is 9.14. The minimum atomic E-state index is 0.155. The predicted octanol–water partition coefficient (Wildman–Crippen LogP) is 1.88. The van der Waals surface area contributed by atoms with Crippen molar-refractivity contribution in [2.45, 2.75) is 37.4 Å². The SMILES string of the molecule is Oc1csc(C2CC3CCC2O3)n1. The van der Waals surface area contributed by atoms with E-state index in [0.717, 1.165) is 17.8 Å². The third-order valence-electron chi connectivity index (χ3n) is 2.93. The number of nitrogens with zero attached hydrogens (tertiary/aromatic N) is 1. The van der Waals surface area contributed by atoms with Gasteiger partial charge >= 0.3 is 0 Å². The fourth-order valence-corrected chi connectivity index (χ4v) is 3.19. The van der Waals surface area contributed by atoms with Gasteiger partial charge in [-0.2, -0.15) is 0 Å². The van der Waals surface area contributed by atoms with Gasteiger partial charge < -0.3 is 9.84 Å². The van der Waals surface area contributed by atoms with Gasteiger partial charge in [0.15, 0.2) is 0 Å². The van der Waals surface area contributed by atoms with Crippen LogP contribution in [0.15, 0.2) is 5.38 Å². The van der Waals surface area contributed by atoms with Crippen molar-refractivity contribution in [3.8, 4) is 5.88 Å². The lowest BCUT2D eigenvalue weighted by molar-refractivity contribution is 0.100. The van der Waals surface area contributed by atoms with Crippen LogP contribution in [0.2, 0.25) is 0 Å². The van der Waals surface area contributed by atoms with Crippen molar-refractivity contribution in [2.24, 2.45) is 0 Å². The molecule has 3 rings (SSSR count). The van der Waals surface area contributed by atoms with E-state index in [4.69, 9.17) is 9.84 Å². The molecule has 0 saturated carbocycles. The van der Waals surface area contributed by atoms with Crippen molar-refractivity contribution >= 4 is 11.3 Å². The van der Waals surface area contributed by atoms with E-state index in [9.17, 15) is 0 Å². The van der Waals surface area contributed by atoms with Crippen LogP contribution in [0.4, 0.5) is 0 Å². The fraction of sp³-hybridized carbons (Fsp3) is 0.667. The molecule has 3 nitrogen and oxygen atoms in total. The molecule has 13 heavy (non-hydrogen) atoms. The van der Waals surface area contributed by atoms with Crippen LogP contribution in [-0.4, -0.2) is 22.3 Å². The quantitative estimate of drug-likeness (QED) is 0.747. The molecule has 3 atom stereocenters. The third-order valence-corrected chi connectivity index (χ3v) is 3.90. The van der Waals surface area contributed by atoms with E-state index >= 15 is 0 Å². The summed E-state index contributed by atoms with van der Waals surface area (Å²) in [6.45, 7) is 0. The summed E-state index contributed by atoms with van der Waals surface area (Å²) in [5, 5.41) is 11.9. The van der Waals surface area contributed by atoms with E-state index in [-0.39, 0.29) is 5.88 Å². The zero-order valence-corrected chi connectivity index (χ0v) is 7.96. The van der Waals surface area contributed by atoms with Gasteiger partial charge in [-0.15, -0.1) is 11.3 Å². The minimum Gasteiger partial charge on any atom is -0.493 e. The Morgan fingerprint density at radius 1 is 1.54 bits per heavy atom. The summed E-state index contributed by atoms with van der Waals surface area (Å²) in [5.41, 5.74) is 0. The molecule has 3 unspecified atom stereocenters. The number of hydrogen-bond donors (Lipinski definition) is 1. The molecule has 0 aliphatic carbocycles. The highest BCUT2D eigenvalue weighted by Gasteiger charge is 2.42. The van der Waals surface area contributed by atoms with Gasteiger partial charge in [-0.3, -0.25) is 0 Å². The number of aromatic hydroxyl groups is 1. The average Bonchev–Trinajstić information content (AvgIpc) is 2.77. The second kappa shape index (κ2) is 2.69. The second-order valence-corrected chi connectivity index (χ2v) is 4.65. The Kier molecular flexibility index (Phi) is 1.60. The van der Waals surface area contributed by atoms with Crippen molar-refractivity contribution < 1.29 is 9.84 Å². The van der Waals surface area contributed by atoms with Crippen LogP contribution in [0, 0.1) is 0 Å². The molecule has 4 heteroatoms. The van der Waals surface area contributed by atoms with E-state index in [1.165, 1.54) is 6.42 Å². The predicted molar refractivity (Wildman–Crippen MR) is 49.0 cm³/mol. The lowest BCUT2D eigenvalue weighted by Crippen LogP contribution is -2.13. The molecular weight excluding hydrogens is 186 g/mol. The summed E-state index contributed by atoms with van der Waals surface area (Å²) >= 11 is 1.55. The number of ether oxygens (including phenoxy) is 1. The van der Waals surface area contributed by atoms with E-state index in [1.807, 2.05) is 0 Å². The fourth-order valence-electron chi connectivity index (χ4n) is 2.35. The standard InChI is InChI=1S/C9H11NO2S/c11-8-4-13-9(10-8)6-3-5-1-2-7(6)12-5/h4-7,11H,1-3H2. The van der Waals surface area contributed by atoms with Gasteiger partial charge in [-0.1, -0.05) is 0 Å². The zero-order valence-electron chi connectivity index (χ0n) is 7.14. The summed E-state index contributed by atoms with van der Waals surface area (Å²) in [7, 11) is 0. The number of fused-ring (bicyclic) bond motifs is 2. The van der Waals surface area contributed by atoms with Crippen molar-refractivity contribution in [2.75, 3.05) is 0 Å². The first-order valence-corrected chi connectivity index (χ1v) is 5.51. The molecule has 3 heterocycles. The van der Waals surface area contributed by atoms with Crippen LogP contribution in [0.1, 0.15) is 30.2 Å². The molecule has 1 aromatic heterocycles. The molecule has 2 aliphatic rings. The largest absolute Gasteiger partial charge is 0.493 e. The Labute approximate surface area is 80.4 Å². The maximum atomic E-state index is 9.14. The molecule has 2 aliphatic heterocycles. The van der Waals surface area contributed by atoms with Crippen molar-refractivity contribution in [3.05, 3.63) is 10.4 Å². The van der Waals surface area contributed by atoms with Gasteiger partial charge in [0, 0.05) is 5.92 Å². The van der Waals surface area contributed by atoms with Gasteiger partial charge in [0.25, 0.3) is 0 Å². The Bertz CT molecular complexity index is 325. The molecule has 0 spiro atoms. The van der Waals surface area contributed by atoms with Gasteiger partial charge in [0.1, 0.15) is 5.01 Å². The van der Waals surface area contributed by atoms with Gasteiger partial charge in [-0.05, 0) is 19.3 Å². The van der Waals surface area contributed by atoms with Crippen LogP contribution in [0.25, 0.3) is 0 Å². The van der Waals surface area contributed by atoms with Crippen LogP contribution < -0.4 is 0 Å². The second-order valence-electron chi connectivity index (χ2n) is 3.76. The highest BCUT2D eigenvalue weighted by molar-refractivity contribution is 7.09. The van der Waals surface area contributed by atoms with Crippen molar-refractivity contribution in [1.29, 1.82) is 0 Å². The van der Waals surface area contributed by atoms with E-state index in [1.54, 1.807) is 16.7 Å². The van der Waals surface area contributed by atoms with Gasteiger partial charge in [-0.25, -0.2) is 4.98 Å². The molecule has 0 radical (unpaired) electrons. The first kappa shape index (κ1) is 7.76. The third kappa shape index (κ3) is 1.16. The van der Waals surface area contributed by atoms with Crippen LogP contribution in [-0.2, 0) is 4.74 Å². The normalized spacial score (nSPS) is 37.1. The van der Waals surface area contributed by atoms with Crippen molar-refractivity contribution in [1.82, 2.24) is 4.98 Å². The average molecular weight is 197 g/mol. The van der Waals surface area contributed by atoms with E-state index in [2.05, 4.69) is 4.98 Å². The molecule has 70 valence electrons. The van der Waals surface area contributed by atoms with Crippen molar-refractivity contribution in [3.63, 3.8) is 0 Å². The Morgan fingerprint density at radius 3 is 3.00 bits per heavy atom. The molecule has 1 N–H and O–H groups in total. The van der Waals surface area contributed by atoms with E-state index < -0.39 is 0 Å². The summed E-state index contributed by atoms with van der Waals surface area (Å²) in [4.78, 5) is 4.11. The lowest BCUT2D eigenvalue weighted by atomic mass is 9.90. The maximum Gasteiger partial charge on any atom is 0.222 e. The highest BCUT2D eigenvalue weighted by Crippen LogP contribution is 2.45. The summed E-state index contributed by atoms with van der Waals surface area (Å²) in [6, 6.07) is 0. The molecule has 1 aromatic rings. The molecule has 2 bridgehead atoms. The Morgan fingerprint density at radius 2 is 2.46 bits per heavy atom. The smallest absolute Gasteiger partial charge is 0.222 e. The Hall–Kier alpha value is -0.610. The number of rotatable bonds is 1. The topological polar surface area (TPSA) is 42.4 Å². The summed E-state index contributed by atoms with van der Waals surface area (Å²) < 4.78 is 5.73. The van der Waals surface area contributed by atoms with Gasteiger partial charge in [0.05, 0.1) is 17.6 Å². The lowest BCUT2D eigenvalue weighted by Gasteiger charge is -2.15. The molecule has 2 fully saturated rings. The number of hydrogen-bond acceptors (Lipinski definition) is 4. The number of thiazole rings is 1. The van der Waals surface area contributed by atoms with Crippen LogP contribution in [0.3, 0.4) is 0 Å². The minimum absolute atomic E-state index is 0.155. The molecule has 0 aromatic carbocycles. The van der Waals surface area contributed by atoms with Crippen LogP contribution >= 0.6 is 11.3 Å². The summed E-state index contributed by atoms with van der Waals surface area (Å²) in [6.07, 6.45) is 4.29. The molecule has 0 amide bonds. The molecular formula is C9H11NO2S. The summed E-state index contributed by atoms with van der Waals surface area (Å²) in [5.74, 6) is 0.604. The Balaban J connectivity index is 1.87. The first-order chi connectivity index (χ1) is 6.33. The zero-order chi connectivity index (χ0) is 8.84. The highest BCUT2D eigenvalue weighted by atomic mass is 32.1.